The van der Waals surface area contributed by atoms with Crippen LogP contribution in [0.25, 0.3) is 0 Å². The number of anilines is 2. The zero-order chi connectivity index (χ0) is 14.4. The number of piperidine rings is 1. The van der Waals surface area contributed by atoms with Gasteiger partial charge in [0.25, 0.3) is 0 Å². The van der Waals surface area contributed by atoms with Crippen LogP contribution in [0, 0.1) is 0 Å². The van der Waals surface area contributed by atoms with Gasteiger partial charge in [-0.1, -0.05) is 0 Å². The third-order valence-electron chi connectivity index (χ3n) is 3.39. The largest absolute Gasteiger partial charge is 0.494 e. The zero-order valence-corrected chi connectivity index (χ0v) is 12.0. The summed E-state index contributed by atoms with van der Waals surface area (Å²) in [5, 5.41) is 3.13. The second-order valence-electron chi connectivity index (χ2n) is 5.02. The van der Waals surface area contributed by atoms with Gasteiger partial charge < -0.3 is 20.7 Å². The lowest BCUT2D eigenvalue weighted by Crippen LogP contribution is -2.39. The standard InChI is InChI=1S/C15H23N3O2/c1-2-20-14-9-12(16)8-13(10-14)17-11-15(19)18-6-4-3-5-7-18/h8-10,17H,2-7,11,16H2,1H3. The Morgan fingerprint density at radius 3 is 2.75 bits per heavy atom. The topological polar surface area (TPSA) is 67.6 Å². The maximum atomic E-state index is 12.1. The lowest BCUT2D eigenvalue weighted by molar-refractivity contribution is -0.130. The van der Waals surface area contributed by atoms with Crippen molar-refractivity contribution in [2.24, 2.45) is 0 Å². The molecule has 1 aliphatic heterocycles. The highest BCUT2D eigenvalue weighted by Gasteiger charge is 2.15. The molecule has 5 heteroatoms. The van der Waals surface area contributed by atoms with Crippen LogP contribution in [0.2, 0.25) is 0 Å². The molecule has 1 aromatic rings. The van der Waals surface area contributed by atoms with Gasteiger partial charge in [-0.3, -0.25) is 4.79 Å². The number of carbonyl (C=O) groups excluding carboxylic acids is 1. The molecular weight excluding hydrogens is 254 g/mol. The zero-order valence-electron chi connectivity index (χ0n) is 12.0. The van der Waals surface area contributed by atoms with Crippen LogP contribution in [-0.2, 0) is 4.79 Å². The molecule has 110 valence electrons. The molecule has 1 aliphatic rings. The van der Waals surface area contributed by atoms with Crippen molar-refractivity contribution in [2.45, 2.75) is 26.2 Å². The number of nitrogens with two attached hydrogens (primary N) is 1. The molecular formula is C15H23N3O2. The fourth-order valence-corrected chi connectivity index (χ4v) is 2.41. The summed E-state index contributed by atoms with van der Waals surface area (Å²) in [7, 11) is 0. The molecule has 5 nitrogen and oxygen atoms in total. The van der Waals surface area contributed by atoms with E-state index >= 15 is 0 Å². The monoisotopic (exact) mass is 277 g/mol. The fourth-order valence-electron chi connectivity index (χ4n) is 2.41. The lowest BCUT2D eigenvalue weighted by Gasteiger charge is -2.27. The van der Waals surface area contributed by atoms with Gasteiger partial charge >= 0.3 is 0 Å². The molecule has 1 fully saturated rings. The number of likely N-dealkylation sites (tertiary alicyclic amines) is 1. The first-order chi connectivity index (χ1) is 9.69. The Balaban J connectivity index is 1.90. The smallest absolute Gasteiger partial charge is 0.241 e. The van der Waals surface area contributed by atoms with E-state index in [4.69, 9.17) is 10.5 Å². The molecule has 0 bridgehead atoms. The minimum Gasteiger partial charge on any atom is -0.494 e. The van der Waals surface area contributed by atoms with E-state index in [9.17, 15) is 4.79 Å². The van der Waals surface area contributed by atoms with Crippen molar-refractivity contribution in [1.82, 2.24) is 4.90 Å². The van der Waals surface area contributed by atoms with Gasteiger partial charge in [-0.2, -0.15) is 0 Å². The highest BCUT2D eigenvalue weighted by molar-refractivity contribution is 5.81. The van der Waals surface area contributed by atoms with Crippen LogP contribution in [0.15, 0.2) is 18.2 Å². The number of ether oxygens (including phenoxy) is 1. The summed E-state index contributed by atoms with van der Waals surface area (Å²) in [4.78, 5) is 14.0. The highest BCUT2D eigenvalue weighted by Crippen LogP contribution is 2.22. The van der Waals surface area contributed by atoms with Crippen LogP contribution in [0.5, 0.6) is 5.75 Å². The predicted octanol–water partition coefficient (Wildman–Crippen LogP) is 2.09. The molecule has 3 N–H and O–H groups in total. The first-order valence-electron chi connectivity index (χ1n) is 7.24. The minimum absolute atomic E-state index is 0.144. The van der Waals surface area contributed by atoms with E-state index < -0.39 is 0 Å². The number of carbonyl (C=O) groups is 1. The quantitative estimate of drug-likeness (QED) is 0.809. The Hall–Kier alpha value is -1.91. The Morgan fingerprint density at radius 1 is 1.30 bits per heavy atom. The van der Waals surface area contributed by atoms with Gasteiger partial charge in [-0.25, -0.2) is 0 Å². The molecule has 20 heavy (non-hydrogen) atoms. The van der Waals surface area contributed by atoms with Crippen LogP contribution < -0.4 is 15.8 Å². The van der Waals surface area contributed by atoms with E-state index in [1.165, 1.54) is 6.42 Å². The molecule has 1 heterocycles. The van der Waals surface area contributed by atoms with Crippen molar-refractivity contribution < 1.29 is 9.53 Å². The van der Waals surface area contributed by atoms with Crippen molar-refractivity contribution in [3.05, 3.63) is 18.2 Å². The third-order valence-corrected chi connectivity index (χ3v) is 3.39. The summed E-state index contributed by atoms with van der Waals surface area (Å²) in [6.45, 7) is 4.57. The second kappa shape index (κ2) is 7.03. The highest BCUT2D eigenvalue weighted by atomic mass is 16.5. The molecule has 0 saturated carbocycles. The van der Waals surface area contributed by atoms with E-state index in [1.807, 2.05) is 24.0 Å². The molecule has 0 atom stereocenters. The van der Waals surface area contributed by atoms with E-state index in [1.54, 1.807) is 6.07 Å². The first-order valence-corrected chi connectivity index (χ1v) is 7.24. The Morgan fingerprint density at radius 2 is 2.05 bits per heavy atom. The van der Waals surface area contributed by atoms with Crippen molar-refractivity contribution in [1.29, 1.82) is 0 Å². The van der Waals surface area contributed by atoms with Crippen molar-refractivity contribution in [3.8, 4) is 5.75 Å². The van der Waals surface area contributed by atoms with Crippen molar-refractivity contribution >= 4 is 17.3 Å². The molecule has 0 aromatic heterocycles. The van der Waals surface area contributed by atoms with Gasteiger partial charge in [-0.15, -0.1) is 0 Å². The Kier molecular flexibility index (Phi) is 5.09. The predicted molar refractivity (Wildman–Crippen MR) is 80.9 cm³/mol. The van der Waals surface area contributed by atoms with Crippen LogP contribution in [0.3, 0.4) is 0 Å². The summed E-state index contributed by atoms with van der Waals surface area (Å²) in [6, 6.07) is 5.45. The fraction of sp³-hybridized carbons (Fsp3) is 0.533. The van der Waals surface area contributed by atoms with Gasteiger partial charge in [0, 0.05) is 36.6 Å². The number of hydrogen-bond donors (Lipinski definition) is 2. The summed E-state index contributed by atoms with van der Waals surface area (Å²) in [5.74, 6) is 0.866. The summed E-state index contributed by atoms with van der Waals surface area (Å²) >= 11 is 0. The summed E-state index contributed by atoms with van der Waals surface area (Å²) < 4.78 is 5.44. The second-order valence-corrected chi connectivity index (χ2v) is 5.02. The van der Waals surface area contributed by atoms with E-state index in [0.717, 1.165) is 37.4 Å². The van der Waals surface area contributed by atoms with Gasteiger partial charge in [0.05, 0.1) is 13.2 Å². The summed E-state index contributed by atoms with van der Waals surface area (Å²) in [6.07, 6.45) is 3.45. The maximum absolute atomic E-state index is 12.1. The molecule has 2 rings (SSSR count). The van der Waals surface area contributed by atoms with Crippen molar-refractivity contribution in [2.75, 3.05) is 37.3 Å². The van der Waals surface area contributed by atoms with E-state index in [2.05, 4.69) is 5.32 Å². The Bertz CT molecular complexity index is 456. The van der Waals surface area contributed by atoms with Crippen LogP contribution in [-0.4, -0.2) is 37.0 Å². The average Bonchev–Trinajstić information content (AvgIpc) is 2.45. The molecule has 0 unspecified atom stereocenters. The molecule has 1 aromatic carbocycles. The number of nitrogen functional groups attached to an aromatic ring is 1. The molecule has 1 amide bonds. The van der Waals surface area contributed by atoms with E-state index in [0.29, 0.717) is 18.8 Å². The average molecular weight is 277 g/mol. The number of rotatable bonds is 5. The maximum Gasteiger partial charge on any atom is 0.241 e. The van der Waals surface area contributed by atoms with E-state index in [-0.39, 0.29) is 5.91 Å². The molecule has 0 aliphatic carbocycles. The molecule has 1 saturated heterocycles. The van der Waals surface area contributed by atoms with Gasteiger partial charge in [0.1, 0.15) is 5.75 Å². The SMILES string of the molecule is CCOc1cc(N)cc(NCC(=O)N2CCCCC2)c1. The van der Waals surface area contributed by atoms with Crippen LogP contribution >= 0.6 is 0 Å². The number of benzene rings is 1. The number of amides is 1. The number of nitrogens with one attached hydrogen (secondary N) is 1. The minimum atomic E-state index is 0.144. The number of nitrogens with zero attached hydrogens (tertiary/aromatic N) is 1. The van der Waals surface area contributed by atoms with Gasteiger partial charge in [0.15, 0.2) is 0 Å². The van der Waals surface area contributed by atoms with Gasteiger partial charge in [-0.05, 0) is 32.3 Å². The third kappa shape index (κ3) is 4.05. The van der Waals surface area contributed by atoms with Crippen molar-refractivity contribution in [3.63, 3.8) is 0 Å². The lowest BCUT2D eigenvalue weighted by atomic mass is 10.1. The number of hydrogen-bond acceptors (Lipinski definition) is 4. The summed E-state index contributed by atoms with van der Waals surface area (Å²) in [5.41, 5.74) is 7.27. The van der Waals surface area contributed by atoms with Crippen LogP contribution in [0.4, 0.5) is 11.4 Å². The molecule has 0 radical (unpaired) electrons. The molecule has 0 spiro atoms. The normalized spacial score (nSPS) is 14.9. The van der Waals surface area contributed by atoms with Crippen LogP contribution in [0.1, 0.15) is 26.2 Å². The Labute approximate surface area is 120 Å². The van der Waals surface area contributed by atoms with Gasteiger partial charge in [0.2, 0.25) is 5.91 Å². The first kappa shape index (κ1) is 14.5.